The van der Waals surface area contributed by atoms with E-state index >= 15 is 0 Å². The number of hydrogen-bond acceptors (Lipinski definition) is 2. The third-order valence-corrected chi connectivity index (χ3v) is 3.72. The van der Waals surface area contributed by atoms with E-state index in [4.69, 9.17) is 0 Å². The molecule has 1 saturated carbocycles. The molecule has 1 unspecified atom stereocenters. The van der Waals surface area contributed by atoms with E-state index in [0.717, 1.165) is 18.7 Å². The van der Waals surface area contributed by atoms with Gasteiger partial charge in [0.1, 0.15) is 6.10 Å². The van der Waals surface area contributed by atoms with Crippen LogP contribution >= 0.6 is 0 Å². The Labute approximate surface area is 113 Å². The van der Waals surface area contributed by atoms with Gasteiger partial charge in [0.15, 0.2) is 0 Å². The largest absolute Gasteiger partial charge is 0.386 e. The molecule has 1 fully saturated rings. The van der Waals surface area contributed by atoms with Gasteiger partial charge < -0.3 is 5.11 Å². The number of rotatable bonds is 2. The minimum absolute atomic E-state index is 0.293. The fraction of sp³-hybridized carbons (Fsp3) is 0.438. The van der Waals surface area contributed by atoms with Crippen LogP contribution in [0.15, 0.2) is 42.5 Å². The maximum atomic E-state index is 9.84. The third kappa shape index (κ3) is 3.04. The Morgan fingerprint density at radius 2 is 1.74 bits per heavy atom. The van der Waals surface area contributed by atoms with E-state index < -0.39 is 0 Å². The molecule has 0 saturated heterocycles. The minimum Gasteiger partial charge on any atom is -0.386 e. The highest BCUT2D eigenvalue weighted by molar-refractivity contribution is 5.16. The van der Waals surface area contributed by atoms with Crippen LogP contribution in [0.5, 0.6) is 0 Å². The van der Waals surface area contributed by atoms with Crippen LogP contribution in [0.1, 0.15) is 36.8 Å². The Kier molecular flexibility index (Phi) is 3.65. The second kappa shape index (κ2) is 5.57. The molecular formula is C16H20N2O. The van der Waals surface area contributed by atoms with Crippen LogP contribution in [0, 0.1) is 5.92 Å². The molecule has 0 amide bonds. The molecule has 2 heterocycles. The molecule has 2 aromatic rings. The summed E-state index contributed by atoms with van der Waals surface area (Å²) in [5, 5.41) is 14.3. The number of aromatic nitrogens is 2. The number of fused-ring (bicyclic) bond motifs is 1. The number of aliphatic hydroxyl groups is 1. The lowest BCUT2D eigenvalue weighted by molar-refractivity contribution is 0.148. The fourth-order valence-corrected chi connectivity index (χ4v) is 2.47. The number of aryl methyl sites for hydroxylation is 2. The zero-order valence-electron chi connectivity index (χ0n) is 11.1. The molecule has 0 spiro atoms. The van der Waals surface area contributed by atoms with Crippen LogP contribution in [0.3, 0.4) is 0 Å². The van der Waals surface area contributed by atoms with E-state index in [1.165, 1.54) is 25.0 Å². The van der Waals surface area contributed by atoms with Gasteiger partial charge in [0.25, 0.3) is 0 Å². The first-order valence-electron chi connectivity index (χ1n) is 7.09. The van der Waals surface area contributed by atoms with Gasteiger partial charge in [0.05, 0.1) is 5.69 Å². The Hall–Kier alpha value is -1.61. The summed E-state index contributed by atoms with van der Waals surface area (Å²) in [6.07, 6.45) is 4.39. The lowest BCUT2D eigenvalue weighted by atomic mass is 10.1. The average Bonchev–Trinajstić information content (AvgIpc) is 3.08. The van der Waals surface area contributed by atoms with Crippen LogP contribution in [-0.4, -0.2) is 14.9 Å². The van der Waals surface area contributed by atoms with Gasteiger partial charge in [0.2, 0.25) is 0 Å². The van der Waals surface area contributed by atoms with E-state index in [1.54, 1.807) is 0 Å². The molecule has 4 rings (SSSR count). The summed E-state index contributed by atoms with van der Waals surface area (Å²) in [6.45, 7) is 1.03. The Morgan fingerprint density at radius 3 is 2.26 bits per heavy atom. The maximum Gasteiger partial charge on any atom is 0.101 e. The molecule has 19 heavy (non-hydrogen) atoms. The van der Waals surface area contributed by atoms with Crippen molar-refractivity contribution in [1.82, 2.24) is 9.78 Å². The first-order valence-corrected chi connectivity index (χ1v) is 7.09. The van der Waals surface area contributed by atoms with Crippen molar-refractivity contribution in [3.63, 3.8) is 0 Å². The summed E-state index contributed by atoms with van der Waals surface area (Å²) >= 11 is 0. The maximum absolute atomic E-state index is 9.84. The molecule has 1 aromatic heterocycles. The van der Waals surface area contributed by atoms with Crippen molar-refractivity contribution in [3.8, 4) is 0 Å². The average molecular weight is 256 g/mol. The van der Waals surface area contributed by atoms with Crippen LogP contribution in [0.25, 0.3) is 0 Å². The first kappa shape index (κ1) is 12.4. The van der Waals surface area contributed by atoms with Crippen molar-refractivity contribution in [2.24, 2.45) is 5.92 Å². The van der Waals surface area contributed by atoms with E-state index in [-0.39, 0.29) is 6.10 Å². The molecule has 3 nitrogen and oxygen atoms in total. The number of hydrogen-bond donors (Lipinski definition) is 1. The normalized spacial score (nSPS) is 18.4. The van der Waals surface area contributed by atoms with E-state index in [2.05, 4.69) is 11.2 Å². The van der Waals surface area contributed by atoms with Gasteiger partial charge in [-0.2, -0.15) is 5.10 Å². The van der Waals surface area contributed by atoms with Crippen molar-refractivity contribution in [3.05, 3.63) is 53.9 Å². The zero-order valence-corrected chi connectivity index (χ0v) is 11.1. The Bertz CT molecular complexity index is 469. The fourth-order valence-electron chi connectivity index (χ4n) is 2.47. The van der Waals surface area contributed by atoms with Crippen molar-refractivity contribution < 1.29 is 5.11 Å². The molecular weight excluding hydrogens is 236 g/mol. The highest BCUT2D eigenvalue weighted by Gasteiger charge is 2.33. The summed E-state index contributed by atoms with van der Waals surface area (Å²) in [4.78, 5) is 0. The third-order valence-electron chi connectivity index (χ3n) is 3.72. The minimum atomic E-state index is -0.293. The zero-order chi connectivity index (χ0) is 13.1. The molecule has 1 aliphatic heterocycles. The number of aliphatic hydroxyl groups excluding tert-OH is 1. The van der Waals surface area contributed by atoms with Crippen molar-refractivity contribution >= 4 is 0 Å². The Balaban J connectivity index is 0.000000155. The van der Waals surface area contributed by atoms with Crippen LogP contribution in [0.4, 0.5) is 0 Å². The second-order valence-electron chi connectivity index (χ2n) is 5.32. The lowest BCUT2D eigenvalue weighted by Crippen LogP contribution is -2.02. The predicted octanol–water partition coefficient (Wildman–Crippen LogP) is 2.96. The van der Waals surface area contributed by atoms with Crippen molar-refractivity contribution in [2.45, 2.75) is 38.3 Å². The molecule has 0 radical (unpaired) electrons. The molecule has 1 aromatic carbocycles. The molecule has 1 N–H and O–H groups in total. The molecule has 100 valence electrons. The summed E-state index contributed by atoms with van der Waals surface area (Å²) < 4.78 is 2.04. The summed E-state index contributed by atoms with van der Waals surface area (Å²) in [5.41, 5.74) is 2.20. The van der Waals surface area contributed by atoms with Gasteiger partial charge in [0, 0.05) is 12.2 Å². The quantitative estimate of drug-likeness (QED) is 0.897. The lowest BCUT2D eigenvalue weighted by Gasteiger charge is -2.04. The molecule has 3 heteroatoms. The van der Waals surface area contributed by atoms with Gasteiger partial charge >= 0.3 is 0 Å². The number of benzene rings is 1. The van der Waals surface area contributed by atoms with Gasteiger partial charge in [-0.05, 0) is 37.7 Å². The monoisotopic (exact) mass is 256 g/mol. The molecule has 1 aliphatic carbocycles. The molecule has 1 atom stereocenters. The van der Waals surface area contributed by atoms with Gasteiger partial charge in [-0.3, -0.25) is 4.68 Å². The van der Waals surface area contributed by atoms with E-state index in [9.17, 15) is 5.11 Å². The van der Waals surface area contributed by atoms with Gasteiger partial charge in [-0.1, -0.05) is 36.4 Å². The standard InChI is InChI=1S/C10H14N2O.C6H6/c13-10(7-3-4-7)9-6-8-2-1-5-12(8)11-9;1-2-4-6-5-3-1/h6-7,10,13H,1-5H2;1-6H. The summed E-state index contributed by atoms with van der Waals surface area (Å²) in [5.74, 6) is 0.496. The summed E-state index contributed by atoms with van der Waals surface area (Å²) in [6, 6.07) is 14.1. The first-order chi connectivity index (χ1) is 9.34. The smallest absolute Gasteiger partial charge is 0.101 e. The van der Waals surface area contributed by atoms with Crippen molar-refractivity contribution in [2.75, 3.05) is 0 Å². The highest BCUT2D eigenvalue weighted by atomic mass is 16.3. The van der Waals surface area contributed by atoms with Crippen LogP contribution < -0.4 is 0 Å². The topological polar surface area (TPSA) is 38.0 Å². The molecule has 2 aliphatic rings. The molecule has 0 bridgehead atoms. The van der Waals surface area contributed by atoms with E-state index in [0.29, 0.717) is 5.92 Å². The number of nitrogens with zero attached hydrogens (tertiary/aromatic N) is 2. The SMILES string of the molecule is OC(c1cc2n(n1)CCC2)C1CC1.c1ccccc1. The second-order valence-corrected chi connectivity index (χ2v) is 5.32. The predicted molar refractivity (Wildman–Crippen MR) is 74.7 cm³/mol. The van der Waals surface area contributed by atoms with Crippen LogP contribution in [-0.2, 0) is 13.0 Å². The summed E-state index contributed by atoms with van der Waals surface area (Å²) in [7, 11) is 0. The van der Waals surface area contributed by atoms with Gasteiger partial charge in [-0.25, -0.2) is 0 Å². The van der Waals surface area contributed by atoms with Gasteiger partial charge in [-0.15, -0.1) is 0 Å². The van der Waals surface area contributed by atoms with Crippen LogP contribution in [0.2, 0.25) is 0 Å². The van der Waals surface area contributed by atoms with E-state index in [1.807, 2.05) is 41.1 Å². The highest BCUT2D eigenvalue weighted by Crippen LogP contribution is 2.40. The van der Waals surface area contributed by atoms with Crippen molar-refractivity contribution in [1.29, 1.82) is 0 Å². The Morgan fingerprint density at radius 1 is 1.11 bits per heavy atom.